The number of allylic oxidation sites excluding steroid dienone is 2. The average Bonchev–Trinajstić information content (AvgIpc) is 3.13. The van der Waals surface area contributed by atoms with E-state index >= 15 is 0 Å². The van der Waals surface area contributed by atoms with Gasteiger partial charge in [-0.15, -0.1) is 0 Å². The Kier molecular flexibility index (Phi) is 4.94. The van der Waals surface area contributed by atoms with Crippen molar-refractivity contribution in [2.75, 3.05) is 0 Å². The van der Waals surface area contributed by atoms with Gasteiger partial charge in [0.1, 0.15) is 12.0 Å². The summed E-state index contributed by atoms with van der Waals surface area (Å²) in [7, 11) is 0. The van der Waals surface area contributed by atoms with Gasteiger partial charge < -0.3 is 4.74 Å². The van der Waals surface area contributed by atoms with Gasteiger partial charge in [-0.2, -0.15) is 0 Å². The van der Waals surface area contributed by atoms with E-state index in [1.165, 1.54) is 0 Å². The van der Waals surface area contributed by atoms with Gasteiger partial charge in [-0.05, 0) is 62.1 Å². The Labute approximate surface area is 166 Å². The summed E-state index contributed by atoms with van der Waals surface area (Å²) in [6.07, 6.45) is 8.71. The molecule has 2 atom stereocenters. The molecule has 1 aromatic heterocycles. The summed E-state index contributed by atoms with van der Waals surface area (Å²) >= 11 is 0. The molecule has 0 saturated heterocycles. The number of ketones is 1. The van der Waals surface area contributed by atoms with Crippen LogP contribution in [0.3, 0.4) is 0 Å². The molecular formula is C23H28N2O3. The molecule has 0 N–H and O–H groups in total. The Morgan fingerprint density at radius 3 is 2.50 bits per heavy atom. The first-order chi connectivity index (χ1) is 13.4. The summed E-state index contributed by atoms with van der Waals surface area (Å²) < 4.78 is 5.86. The fraction of sp³-hybridized carbons (Fsp3) is 0.565. The second-order valence-electron chi connectivity index (χ2n) is 9.13. The number of Topliss-reactive ketones (excluding diaryl/α,β-unsaturated/α-hetero) is 1. The molecule has 2 heterocycles. The Balaban J connectivity index is 1.76. The van der Waals surface area contributed by atoms with Gasteiger partial charge in [-0.25, -0.2) is 0 Å². The number of aliphatic imine (C=N–C) groups is 1. The zero-order valence-electron chi connectivity index (χ0n) is 16.9. The van der Waals surface area contributed by atoms with Crippen molar-refractivity contribution in [1.82, 2.24) is 4.98 Å². The van der Waals surface area contributed by atoms with Crippen molar-refractivity contribution in [3.8, 4) is 0 Å². The predicted molar refractivity (Wildman–Crippen MR) is 107 cm³/mol. The average molecular weight is 380 g/mol. The van der Waals surface area contributed by atoms with Crippen molar-refractivity contribution in [3.05, 3.63) is 41.4 Å². The highest BCUT2D eigenvalue weighted by molar-refractivity contribution is 6.09. The van der Waals surface area contributed by atoms with E-state index in [1.54, 1.807) is 12.4 Å². The van der Waals surface area contributed by atoms with Gasteiger partial charge in [0.25, 0.3) is 0 Å². The molecule has 0 amide bonds. The molecular weight excluding hydrogens is 352 g/mol. The lowest BCUT2D eigenvalue weighted by Gasteiger charge is -2.39. The van der Waals surface area contributed by atoms with Gasteiger partial charge in [-0.3, -0.25) is 19.6 Å². The highest BCUT2D eigenvalue weighted by Gasteiger charge is 2.46. The Bertz CT molecular complexity index is 848. The maximum Gasteiger partial charge on any atom is 0.315 e. The topological polar surface area (TPSA) is 68.6 Å². The van der Waals surface area contributed by atoms with Crippen molar-refractivity contribution < 1.29 is 14.3 Å². The maximum atomic E-state index is 13.2. The van der Waals surface area contributed by atoms with Crippen LogP contribution >= 0.6 is 0 Å². The number of carbonyl (C=O) groups is 2. The van der Waals surface area contributed by atoms with E-state index in [4.69, 9.17) is 9.73 Å². The van der Waals surface area contributed by atoms with E-state index in [-0.39, 0.29) is 29.2 Å². The minimum Gasteiger partial charge on any atom is -0.462 e. The molecule has 0 radical (unpaired) electrons. The first kappa shape index (κ1) is 19.0. The van der Waals surface area contributed by atoms with Crippen LogP contribution < -0.4 is 0 Å². The summed E-state index contributed by atoms with van der Waals surface area (Å²) in [5.41, 5.74) is 3.10. The van der Waals surface area contributed by atoms with Crippen molar-refractivity contribution in [2.45, 2.75) is 71.3 Å². The number of esters is 1. The molecule has 5 heteroatoms. The lowest BCUT2D eigenvalue weighted by molar-refractivity contribution is -0.151. The molecule has 5 nitrogen and oxygen atoms in total. The van der Waals surface area contributed by atoms with Crippen LogP contribution in [0, 0.1) is 11.3 Å². The van der Waals surface area contributed by atoms with Crippen molar-refractivity contribution in [1.29, 1.82) is 0 Å². The quantitative estimate of drug-likeness (QED) is 0.730. The maximum absolute atomic E-state index is 13.2. The minimum atomic E-state index is -0.549. The number of hydrogen-bond acceptors (Lipinski definition) is 5. The Morgan fingerprint density at radius 2 is 1.82 bits per heavy atom. The summed E-state index contributed by atoms with van der Waals surface area (Å²) in [6, 6.07) is 3.80. The molecule has 2 aliphatic carbocycles. The number of aromatic nitrogens is 1. The molecule has 4 rings (SSSR count). The van der Waals surface area contributed by atoms with Crippen LogP contribution in [-0.2, 0) is 14.3 Å². The van der Waals surface area contributed by atoms with Gasteiger partial charge in [0.2, 0.25) is 0 Å². The SMILES string of the molecule is CC1=NC2=C(C(=O)CC(C)(C)C2)[C@@H](c2ccncc2)C1C(=O)OC1CCCC1. The molecule has 1 saturated carbocycles. The lowest BCUT2D eigenvalue weighted by Crippen LogP contribution is -2.40. The van der Waals surface area contributed by atoms with Gasteiger partial charge in [0, 0.05) is 41.7 Å². The van der Waals surface area contributed by atoms with Crippen LogP contribution in [0.2, 0.25) is 0 Å². The molecule has 1 aliphatic heterocycles. The third kappa shape index (κ3) is 3.54. The van der Waals surface area contributed by atoms with Crippen LogP contribution in [0.4, 0.5) is 0 Å². The van der Waals surface area contributed by atoms with E-state index < -0.39 is 5.92 Å². The summed E-state index contributed by atoms with van der Waals surface area (Å²) in [6.45, 7) is 6.09. The van der Waals surface area contributed by atoms with Gasteiger partial charge in [0.05, 0.1) is 0 Å². The van der Waals surface area contributed by atoms with Gasteiger partial charge in [-0.1, -0.05) is 13.8 Å². The molecule has 148 valence electrons. The highest BCUT2D eigenvalue weighted by atomic mass is 16.5. The summed E-state index contributed by atoms with van der Waals surface area (Å²) in [5, 5.41) is 0. The standard InChI is InChI=1S/C23H28N2O3/c1-14-19(22(27)28-16-6-4-5-7-16)20(15-8-10-24-11-9-15)21-17(25-14)12-23(2,3)13-18(21)26/h8-11,16,19-20H,4-7,12-13H2,1-3H3/t19?,20-/m0/s1. The van der Waals surface area contributed by atoms with Crippen molar-refractivity contribution in [3.63, 3.8) is 0 Å². The van der Waals surface area contributed by atoms with Crippen LogP contribution in [-0.4, -0.2) is 28.6 Å². The smallest absolute Gasteiger partial charge is 0.315 e. The van der Waals surface area contributed by atoms with Gasteiger partial charge >= 0.3 is 5.97 Å². The molecule has 28 heavy (non-hydrogen) atoms. The minimum absolute atomic E-state index is 0.00485. The second kappa shape index (κ2) is 7.26. The van der Waals surface area contributed by atoms with E-state index in [2.05, 4.69) is 18.8 Å². The fourth-order valence-corrected chi connectivity index (χ4v) is 4.93. The van der Waals surface area contributed by atoms with Crippen LogP contribution in [0.25, 0.3) is 0 Å². The zero-order chi connectivity index (χ0) is 19.9. The number of ether oxygens (including phenoxy) is 1. The van der Waals surface area contributed by atoms with Crippen LogP contribution in [0.1, 0.15) is 70.8 Å². The fourth-order valence-electron chi connectivity index (χ4n) is 4.93. The molecule has 1 fully saturated rings. The first-order valence-corrected chi connectivity index (χ1v) is 10.3. The van der Waals surface area contributed by atoms with Crippen molar-refractivity contribution in [2.24, 2.45) is 16.3 Å². The summed E-state index contributed by atoms with van der Waals surface area (Å²) in [5.74, 6) is -1.04. The van der Waals surface area contributed by atoms with Gasteiger partial charge in [0.15, 0.2) is 5.78 Å². The van der Waals surface area contributed by atoms with E-state index in [9.17, 15) is 9.59 Å². The normalized spacial score (nSPS) is 27.4. The molecule has 1 aromatic rings. The number of hydrogen-bond donors (Lipinski definition) is 0. The second-order valence-corrected chi connectivity index (χ2v) is 9.13. The summed E-state index contributed by atoms with van der Waals surface area (Å²) in [4.78, 5) is 35.2. The monoisotopic (exact) mass is 380 g/mol. The van der Waals surface area contributed by atoms with E-state index in [0.717, 1.165) is 49.1 Å². The molecule has 0 spiro atoms. The number of pyridine rings is 1. The largest absolute Gasteiger partial charge is 0.462 e. The Morgan fingerprint density at radius 1 is 1.14 bits per heavy atom. The number of rotatable bonds is 3. The highest BCUT2D eigenvalue weighted by Crippen LogP contribution is 2.48. The third-order valence-corrected chi connectivity index (χ3v) is 6.21. The van der Waals surface area contributed by atoms with Crippen LogP contribution in [0.15, 0.2) is 40.8 Å². The molecule has 3 aliphatic rings. The number of carbonyl (C=O) groups excluding carboxylic acids is 2. The first-order valence-electron chi connectivity index (χ1n) is 10.3. The zero-order valence-corrected chi connectivity index (χ0v) is 16.9. The predicted octanol–water partition coefficient (Wildman–Crippen LogP) is 4.38. The van der Waals surface area contributed by atoms with Crippen molar-refractivity contribution >= 4 is 17.5 Å². The van der Waals surface area contributed by atoms with E-state index in [1.807, 2.05) is 19.1 Å². The lowest BCUT2D eigenvalue weighted by atomic mass is 9.67. The van der Waals surface area contributed by atoms with E-state index in [0.29, 0.717) is 12.0 Å². The molecule has 1 unspecified atom stereocenters. The van der Waals surface area contributed by atoms with Crippen LogP contribution in [0.5, 0.6) is 0 Å². The third-order valence-electron chi connectivity index (χ3n) is 6.21. The Hall–Kier alpha value is -2.30. The molecule has 0 aromatic carbocycles. The number of nitrogens with zero attached hydrogens (tertiary/aromatic N) is 2. The molecule has 0 bridgehead atoms.